The van der Waals surface area contributed by atoms with Gasteiger partial charge in [0.05, 0.1) is 6.61 Å². The first kappa shape index (κ1) is 29.0. The third kappa shape index (κ3) is 6.75. The minimum Gasteiger partial charge on any atom is -0.460 e. The van der Waals surface area contributed by atoms with Gasteiger partial charge in [-0.25, -0.2) is 4.79 Å². The molecule has 0 spiro atoms. The predicted octanol–water partition coefficient (Wildman–Crippen LogP) is 0.605. The van der Waals surface area contributed by atoms with Gasteiger partial charge in [-0.2, -0.15) is 0 Å². The zero-order valence-corrected chi connectivity index (χ0v) is 21.9. The van der Waals surface area contributed by atoms with Crippen molar-refractivity contribution in [2.75, 3.05) is 13.2 Å². The molecule has 1 fully saturated rings. The van der Waals surface area contributed by atoms with E-state index in [0.717, 1.165) is 27.2 Å². The first-order chi connectivity index (χ1) is 19.2. The number of carbonyl (C=O) groups excluding carboxylic acids is 1. The highest BCUT2D eigenvalue weighted by Gasteiger charge is 2.55. The van der Waals surface area contributed by atoms with Gasteiger partial charge in [0.25, 0.3) is 13.7 Å². The fourth-order valence-electron chi connectivity index (χ4n) is 3.80. The Morgan fingerprint density at radius 1 is 1.12 bits per heavy atom. The summed E-state index contributed by atoms with van der Waals surface area (Å²) in [5.74, 6) is 1.68. The number of carbonyl (C=O) groups is 1. The van der Waals surface area contributed by atoms with Gasteiger partial charge in [0, 0.05) is 12.3 Å². The summed E-state index contributed by atoms with van der Waals surface area (Å²) in [6.07, 6.45) is 1.68. The number of H-pyrrole nitrogens is 1. The van der Waals surface area contributed by atoms with Crippen molar-refractivity contribution in [1.82, 2.24) is 14.4 Å². The van der Waals surface area contributed by atoms with Crippen molar-refractivity contribution in [3.05, 3.63) is 99.3 Å². The van der Waals surface area contributed by atoms with E-state index < -0.39 is 62.6 Å². The van der Waals surface area contributed by atoms with Crippen molar-refractivity contribution in [2.24, 2.45) is 0 Å². The summed E-state index contributed by atoms with van der Waals surface area (Å²) in [5, 5.41) is 21.3. The predicted molar refractivity (Wildman–Crippen MR) is 140 cm³/mol. The number of aliphatic hydroxyl groups excluding tert-OH is 2. The van der Waals surface area contributed by atoms with Crippen LogP contribution in [0.15, 0.2) is 82.5 Å². The molecule has 210 valence electrons. The van der Waals surface area contributed by atoms with E-state index in [1.807, 2.05) is 11.1 Å². The minimum atomic E-state index is -3.40. The third-order valence-corrected chi connectivity index (χ3v) is 6.93. The van der Waals surface area contributed by atoms with Crippen molar-refractivity contribution in [2.45, 2.75) is 30.6 Å². The second kappa shape index (κ2) is 12.9. The molecule has 2 aromatic carbocycles. The van der Waals surface area contributed by atoms with E-state index in [4.69, 9.17) is 25.3 Å². The highest BCUT2D eigenvalue weighted by atomic mass is 31.1. The number of esters is 1. The number of hydrogen-bond donors (Lipinski definition) is 3. The van der Waals surface area contributed by atoms with Gasteiger partial charge >= 0.3 is 11.7 Å². The fraction of sp³-hybridized carbons (Fsp3) is 0.269. The Labute approximate surface area is 228 Å². The van der Waals surface area contributed by atoms with E-state index in [1.165, 1.54) is 0 Å². The SMILES string of the molecule is C#C[C@]1(CO[PH](=O)N(CC(=O)OCc2ccccc2)Oc2ccccc2)O[C@@H](n2ccc(=O)[nH]c2=O)[C@H](O)[C@@H]1O. The van der Waals surface area contributed by atoms with Gasteiger partial charge < -0.3 is 29.0 Å². The summed E-state index contributed by atoms with van der Waals surface area (Å²) in [6.45, 7) is -1.34. The topological polar surface area (TPSA) is 170 Å². The number of para-hydroxylation sites is 1. The number of hydrogen-bond acceptors (Lipinski definition) is 10. The molecule has 0 bridgehead atoms. The van der Waals surface area contributed by atoms with Crippen LogP contribution in [0, 0.1) is 12.3 Å². The molecule has 0 amide bonds. The van der Waals surface area contributed by atoms with E-state index >= 15 is 0 Å². The molecule has 1 unspecified atom stereocenters. The maximum atomic E-state index is 13.2. The van der Waals surface area contributed by atoms with E-state index in [2.05, 4.69) is 5.92 Å². The molecule has 2 heterocycles. The molecule has 40 heavy (non-hydrogen) atoms. The van der Waals surface area contributed by atoms with E-state index in [-0.39, 0.29) is 12.4 Å². The van der Waals surface area contributed by atoms with Crippen LogP contribution in [-0.4, -0.2) is 61.5 Å². The molecule has 1 aromatic heterocycles. The van der Waals surface area contributed by atoms with Gasteiger partial charge in [0.2, 0.25) is 0 Å². The van der Waals surface area contributed by atoms with Crippen LogP contribution in [0.2, 0.25) is 0 Å². The van der Waals surface area contributed by atoms with Gasteiger partial charge in [-0.05, 0) is 17.7 Å². The van der Waals surface area contributed by atoms with Crippen LogP contribution in [-0.2, 0) is 30.0 Å². The molecule has 3 aromatic rings. The summed E-state index contributed by atoms with van der Waals surface area (Å²) in [5.41, 5.74) is -2.90. The van der Waals surface area contributed by atoms with Gasteiger partial charge in [-0.3, -0.25) is 23.7 Å². The van der Waals surface area contributed by atoms with Gasteiger partial charge in [-0.15, -0.1) is 6.42 Å². The van der Waals surface area contributed by atoms with Crippen LogP contribution in [0.25, 0.3) is 0 Å². The quantitative estimate of drug-likeness (QED) is 0.128. The summed E-state index contributed by atoms with van der Waals surface area (Å²) >= 11 is 0. The maximum absolute atomic E-state index is 13.2. The van der Waals surface area contributed by atoms with Crippen LogP contribution in [0.4, 0.5) is 0 Å². The molecule has 5 atom stereocenters. The average Bonchev–Trinajstić information content (AvgIpc) is 3.21. The standard InChI is InChI=1S/C26H26N3O10P/c1-2-26(23(33)22(32)24(38-26)28-14-13-20(30)27-25(28)34)17-37-40(35)29(39-19-11-7-4-8-12-19)15-21(31)36-16-18-9-5-3-6-10-18/h1,3-14,22-24,32-33,40H,15-17H2,(H,27,30,34)/t22-,23+,24-,26-/m1/s1. The largest absolute Gasteiger partial charge is 0.460 e. The van der Waals surface area contributed by atoms with Crippen LogP contribution in [0.1, 0.15) is 11.8 Å². The molecular weight excluding hydrogens is 545 g/mol. The molecule has 0 saturated carbocycles. The molecule has 14 heteroatoms. The van der Waals surface area contributed by atoms with Crippen molar-refractivity contribution >= 4 is 14.1 Å². The number of hydroxylamine groups is 1. The molecular formula is C26H26N3O10P. The van der Waals surface area contributed by atoms with E-state index in [0.29, 0.717) is 0 Å². The van der Waals surface area contributed by atoms with Crippen molar-refractivity contribution in [3.8, 4) is 18.1 Å². The smallest absolute Gasteiger partial charge is 0.330 e. The molecule has 1 aliphatic rings. The Kier molecular flexibility index (Phi) is 9.34. The molecule has 3 N–H and O–H groups in total. The number of benzene rings is 2. The number of aromatic amines is 1. The van der Waals surface area contributed by atoms with Crippen molar-refractivity contribution in [1.29, 1.82) is 0 Å². The number of nitrogens with zero attached hydrogens (tertiary/aromatic N) is 2. The lowest BCUT2D eigenvalue weighted by Gasteiger charge is -2.27. The third-order valence-electron chi connectivity index (χ3n) is 5.88. The highest BCUT2D eigenvalue weighted by molar-refractivity contribution is 7.36. The molecule has 0 radical (unpaired) electrons. The lowest BCUT2D eigenvalue weighted by molar-refractivity contribution is -0.150. The Bertz CT molecular complexity index is 1490. The van der Waals surface area contributed by atoms with E-state index in [1.54, 1.807) is 54.6 Å². The maximum Gasteiger partial charge on any atom is 0.330 e. The van der Waals surface area contributed by atoms with Gasteiger partial charge in [0.1, 0.15) is 31.1 Å². The zero-order chi connectivity index (χ0) is 28.7. The highest BCUT2D eigenvalue weighted by Crippen LogP contribution is 2.39. The van der Waals surface area contributed by atoms with Crippen LogP contribution in [0.3, 0.4) is 0 Å². The normalized spacial score (nSPS) is 22.9. The first-order valence-electron chi connectivity index (χ1n) is 11.9. The lowest BCUT2D eigenvalue weighted by atomic mass is 9.97. The van der Waals surface area contributed by atoms with Crippen LogP contribution in [0.5, 0.6) is 5.75 Å². The molecule has 1 saturated heterocycles. The molecule has 0 aliphatic carbocycles. The zero-order valence-electron chi connectivity index (χ0n) is 20.9. The average molecular weight is 571 g/mol. The molecule has 13 nitrogen and oxygen atoms in total. The monoisotopic (exact) mass is 571 g/mol. The molecule has 4 rings (SSSR count). The van der Waals surface area contributed by atoms with Crippen LogP contribution >= 0.6 is 8.18 Å². The van der Waals surface area contributed by atoms with Crippen molar-refractivity contribution in [3.63, 3.8) is 0 Å². The Morgan fingerprint density at radius 3 is 2.45 bits per heavy atom. The van der Waals surface area contributed by atoms with Crippen molar-refractivity contribution < 1.29 is 38.4 Å². The Hall–Kier alpha value is -4.02. The Balaban J connectivity index is 1.47. The van der Waals surface area contributed by atoms with Crippen LogP contribution < -0.4 is 16.1 Å². The van der Waals surface area contributed by atoms with Gasteiger partial charge in [0.15, 0.2) is 11.8 Å². The number of aromatic nitrogens is 2. The summed E-state index contributed by atoms with van der Waals surface area (Å²) < 4.78 is 30.4. The van der Waals surface area contributed by atoms with Gasteiger partial charge in [-0.1, -0.05) is 59.3 Å². The summed E-state index contributed by atoms with van der Waals surface area (Å²) in [4.78, 5) is 44.5. The summed E-state index contributed by atoms with van der Waals surface area (Å²) in [6, 6.07) is 18.1. The lowest BCUT2D eigenvalue weighted by Crippen LogP contribution is -2.45. The minimum absolute atomic E-state index is 0.0235. The number of nitrogens with one attached hydrogen (secondary N) is 1. The number of rotatable bonds is 11. The number of terminal acetylenes is 1. The second-order valence-corrected chi connectivity index (χ2v) is 9.96. The fourth-order valence-corrected chi connectivity index (χ4v) is 4.72. The number of aliphatic hydroxyl groups is 2. The van der Waals surface area contributed by atoms with E-state index in [9.17, 15) is 29.2 Å². The number of ether oxygens (including phenoxy) is 2. The summed E-state index contributed by atoms with van der Waals surface area (Å²) in [7, 11) is -3.40. The first-order valence-corrected chi connectivity index (χ1v) is 13.2. The molecule has 1 aliphatic heterocycles. The second-order valence-electron chi connectivity index (χ2n) is 8.64. The Morgan fingerprint density at radius 2 is 1.80 bits per heavy atom.